The van der Waals surface area contributed by atoms with Crippen LogP contribution in [0.15, 0.2) is 41.6 Å². The van der Waals surface area contributed by atoms with Crippen molar-refractivity contribution in [1.82, 2.24) is 4.98 Å². The molecule has 1 amide bonds. The molecule has 5 aliphatic rings. The van der Waals surface area contributed by atoms with Crippen molar-refractivity contribution in [2.45, 2.75) is 159 Å². The van der Waals surface area contributed by atoms with Crippen LogP contribution in [0.2, 0.25) is 5.02 Å². The summed E-state index contributed by atoms with van der Waals surface area (Å²) in [5.74, 6) is 0.900. The quantitative estimate of drug-likeness (QED) is 0.206. The number of esters is 2. The summed E-state index contributed by atoms with van der Waals surface area (Å²) in [7, 11) is 0. The van der Waals surface area contributed by atoms with Gasteiger partial charge in [-0.25, -0.2) is 4.98 Å². The second-order valence-electron chi connectivity index (χ2n) is 21.4. The average molecular weight is 792 g/mol. The summed E-state index contributed by atoms with van der Waals surface area (Å²) in [5.41, 5.74) is 0.0744. The first-order chi connectivity index (χ1) is 25.8. The van der Waals surface area contributed by atoms with E-state index in [0.717, 1.165) is 56.9 Å². The van der Waals surface area contributed by atoms with Gasteiger partial charge in [0.05, 0.1) is 16.9 Å². The van der Waals surface area contributed by atoms with Crippen molar-refractivity contribution < 1.29 is 28.7 Å². The second kappa shape index (κ2) is 14.4. The van der Waals surface area contributed by atoms with Gasteiger partial charge in [-0.15, -0.1) is 0 Å². The van der Waals surface area contributed by atoms with E-state index in [9.17, 15) is 19.2 Å². The van der Waals surface area contributed by atoms with E-state index >= 15 is 0 Å². The summed E-state index contributed by atoms with van der Waals surface area (Å²) in [4.78, 5) is 57.9. The van der Waals surface area contributed by atoms with E-state index < -0.39 is 16.4 Å². The number of ether oxygens (including phenoxy) is 2. The molecule has 308 valence electrons. The normalized spacial score (nSPS) is 35.4. The molecule has 1 aromatic heterocycles. The number of nitrogens with zero attached hydrogens (tertiary/aromatic N) is 1. The molecule has 0 bridgehead atoms. The number of carbonyl (C=O) groups excluding carboxylic acids is 4. The van der Waals surface area contributed by atoms with Crippen LogP contribution in [0, 0.1) is 56.2 Å². The van der Waals surface area contributed by atoms with Gasteiger partial charge in [-0.05, 0) is 149 Å². The van der Waals surface area contributed by atoms with E-state index in [4.69, 9.17) is 21.1 Å². The van der Waals surface area contributed by atoms with Gasteiger partial charge in [0.25, 0.3) is 0 Å². The van der Waals surface area contributed by atoms with Crippen molar-refractivity contribution in [3.63, 3.8) is 0 Å². The van der Waals surface area contributed by atoms with Crippen LogP contribution in [0.1, 0.15) is 147 Å². The SMILES string of the molecule is CC(C)C1=C2[C@H]3CC[C@@H]4[C@@]5(C)CC[C@H](OC(=O)CC(C)(C)C(=O)OC(C)(C)C)C(C)(C)[C@@H]5CC[C@@]4(C)[C@]3(C)CC[C@@]2(C=CC(=O)Nc2ccc(Cl)cn2)CC1=O. The average Bonchev–Trinajstić information content (AvgIpc) is 3.38. The summed E-state index contributed by atoms with van der Waals surface area (Å²) in [6.45, 7) is 25.5. The Labute approximate surface area is 340 Å². The Morgan fingerprint density at radius 3 is 2.25 bits per heavy atom. The number of carbonyl (C=O) groups is 4. The highest BCUT2D eigenvalue weighted by molar-refractivity contribution is 6.30. The fourth-order valence-corrected chi connectivity index (χ4v) is 13.1. The number of aromatic nitrogens is 1. The fourth-order valence-electron chi connectivity index (χ4n) is 12.9. The van der Waals surface area contributed by atoms with E-state index in [1.54, 1.807) is 32.1 Å². The van der Waals surface area contributed by atoms with Gasteiger partial charge in [-0.2, -0.15) is 0 Å². The van der Waals surface area contributed by atoms with Gasteiger partial charge in [0, 0.05) is 29.5 Å². The molecule has 1 N–H and O–H groups in total. The lowest BCUT2D eigenvalue weighted by atomic mass is 9.33. The monoisotopic (exact) mass is 790 g/mol. The van der Waals surface area contributed by atoms with Crippen molar-refractivity contribution >= 4 is 41.0 Å². The molecule has 1 aromatic rings. The van der Waals surface area contributed by atoms with Crippen molar-refractivity contribution in [3.8, 4) is 0 Å². The van der Waals surface area contributed by atoms with Gasteiger partial charge < -0.3 is 14.8 Å². The number of anilines is 1. The zero-order chi connectivity index (χ0) is 41.4. The Morgan fingerprint density at radius 2 is 1.62 bits per heavy atom. The molecule has 6 rings (SSSR count). The Kier molecular flexibility index (Phi) is 10.9. The molecule has 8 atom stereocenters. The standard InChI is InChI=1S/C47H67ClN2O6/c1-28(2)38-31(51)25-47(22-19-36(52)50-35-16-13-29(48)27-49-35)24-23-45(11)30(39(38)47)14-15-33-44(10)20-18-34(43(8,9)32(44)17-21-46(33,45)12)55-37(53)26-42(6,7)40(54)56-41(3,4)5/h13,16,19,22,27-28,30,32-34H,14-15,17-18,20-21,23-26H2,1-12H3,(H,49,50,52)/t30-,32+,33-,34+,44+,45-,46-,47+/m1/s1. The topological polar surface area (TPSA) is 112 Å². The third-order valence-electron chi connectivity index (χ3n) is 15.8. The molecule has 0 spiro atoms. The lowest BCUT2D eigenvalue weighted by Gasteiger charge is -2.72. The van der Waals surface area contributed by atoms with Gasteiger partial charge >= 0.3 is 11.9 Å². The van der Waals surface area contributed by atoms with Crippen LogP contribution in [-0.4, -0.2) is 40.3 Å². The summed E-state index contributed by atoms with van der Waals surface area (Å²) >= 11 is 6.00. The highest BCUT2D eigenvalue weighted by Gasteiger charge is 2.70. The summed E-state index contributed by atoms with van der Waals surface area (Å²) in [5, 5.41) is 3.37. The Hall–Kier alpha value is -3.00. The van der Waals surface area contributed by atoms with Crippen LogP contribution in [0.3, 0.4) is 0 Å². The van der Waals surface area contributed by atoms with E-state index in [-0.39, 0.29) is 69.6 Å². The Balaban J connectivity index is 1.24. The largest absolute Gasteiger partial charge is 0.462 e. The van der Waals surface area contributed by atoms with Crippen molar-refractivity contribution in [1.29, 1.82) is 0 Å². The summed E-state index contributed by atoms with van der Waals surface area (Å²) < 4.78 is 12.0. The first-order valence-corrected chi connectivity index (χ1v) is 21.5. The van der Waals surface area contributed by atoms with Gasteiger partial charge in [-0.1, -0.05) is 66.1 Å². The molecular formula is C47H67ClN2O6. The molecule has 56 heavy (non-hydrogen) atoms. The van der Waals surface area contributed by atoms with Crippen LogP contribution in [0.5, 0.6) is 0 Å². The molecule has 0 aromatic carbocycles. The lowest BCUT2D eigenvalue weighted by molar-refractivity contribution is -0.232. The Bertz CT molecular complexity index is 1820. The van der Waals surface area contributed by atoms with Crippen LogP contribution in [0.25, 0.3) is 0 Å². The van der Waals surface area contributed by atoms with Crippen molar-refractivity contribution in [2.24, 2.45) is 56.2 Å². The highest BCUT2D eigenvalue weighted by atomic mass is 35.5. The maximum atomic E-state index is 14.0. The molecule has 0 aliphatic heterocycles. The van der Waals surface area contributed by atoms with E-state index in [2.05, 4.69) is 58.8 Å². The predicted octanol–water partition coefficient (Wildman–Crippen LogP) is 10.9. The third-order valence-corrected chi connectivity index (χ3v) is 16.0. The summed E-state index contributed by atoms with van der Waals surface area (Å²) in [6, 6.07) is 3.38. The first kappa shape index (κ1) is 42.6. The number of fused-ring (bicyclic) bond motifs is 7. The molecule has 0 radical (unpaired) electrons. The molecule has 8 nitrogen and oxygen atoms in total. The van der Waals surface area contributed by atoms with Crippen LogP contribution >= 0.6 is 11.6 Å². The molecule has 0 unspecified atom stereocenters. The van der Waals surface area contributed by atoms with Gasteiger partial charge in [0.2, 0.25) is 5.91 Å². The number of Topliss-reactive ketones (excluding diaryl/α,β-unsaturated/α-hetero) is 1. The highest BCUT2D eigenvalue weighted by Crippen LogP contribution is 2.77. The third kappa shape index (κ3) is 7.21. The summed E-state index contributed by atoms with van der Waals surface area (Å²) in [6.07, 6.45) is 13.2. The Morgan fingerprint density at radius 1 is 0.929 bits per heavy atom. The van der Waals surface area contributed by atoms with Gasteiger partial charge in [-0.3, -0.25) is 19.2 Å². The number of halogens is 1. The van der Waals surface area contributed by atoms with Gasteiger partial charge in [0.1, 0.15) is 17.5 Å². The maximum absolute atomic E-state index is 14.0. The molecule has 5 aliphatic carbocycles. The number of ketones is 1. The number of rotatable bonds is 8. The number of hydrogen-bond donors (Lipinski definition) is 1. The number of allylic oxidation sites excluding steroid dienone is 3. The van der Waals surface area contributed by atoms with E-state index in [1.807, 2.05) is 26.8 Å². The fraction of sp³-hybridized carbons (Fsp3) is 0.723. The second-order valence-corrected chi connectivity index (χ2v) is 21.9. The minimum absolute atomic E-state index is 0.0164. The van der Waals surface area contributed by atoms with Crippen molar-refractivity contribution in [2.75, 3.05) is 5.32 Å². The molecule has 0 saturated heterocycles. The van der Waals surface area contributed by atoms with E-state index in [0.29, 0.717) is 29.1 Å². The smallest absolute Gasteiger partial charge is 0.312 e. The minimum atomic E-state index is -0.984. The number of nitrogens with one attached hydrogen (secondary N) is 1. The van der Waals surface area contributed by atoms with Crippen molar-refractivity contribution in [3.05, 3.63) is 46.7 Å². The molecular weight excluding hydrogens is 724 g/mol. The molecule has 4 fully saturated rings. The first-order valence-electron chi connectivity index (χ1n) is 21.1. The molecule has 9 heteroatoms. The number of hydrogen-bond acceptors (Lipinski definition) is 7. The van der Waals surface area contributed by atoms with Gasteiger partial charge in [0.15, 0.2) is 5.78 Å². The number of amides is 1. The maximum Gasteiger partial charge on any atom is 0.312 e. The zero-order valence-corrected chi connectivity index (χ0v) is 36.9. The molecule has 4 saturated carbocycles. The van der Waals surface area contributed by atoms with Crippen LogP contribution in [0.4, 0.5) is 5.82 Å². The molecule has 1 heterocycles. The lowest BCUT2D eigenvalue weighted by Crippen LogP contribution is -2.65. The van der Waals surface area contributed by atoms with Crippen LogP contribution in [-0.2, 0) is 28.7 Å². The van der Waals surface area contributed by atoms with Crippen LogP contribution < -0.4 is 5.32 Å². The van der Waals surface area contributed by atoms with E-state index in [1.165, 1.54) is 11.8 Å². The predicted molar refractivity (Wildman–Crippen MR) is 221 cm³/mol. The zero-order valence-electron chi connectivity index (χ0n) is 36.1. The number of pyridine rings is 1. The minimum Gasteiger partial charge on any atom is -0.462 e.